The van der Waals surface area contributed by atoms with Gasteiger partial charge in [0.05, 0.1) is 17.9 Å². The molecule has 1 aliphatic rings. The topological polar surface area (TPSA) is 120 Å². The second-order valence-electron chi connectivity index (χ2n) is 6.35. The second-order valence-corrected chi connectivity index (χ2v) is 8.58. The lowest BCUT2D eigenvalue weighted by atomic mass is 10.1. The minimum absolute atomic E-state index is 0.0536. The number of benzene rings is 1. The van der Waals surface area contributed by atoms with Crippen LogP contribution in [0.4, 0.5) is 0 Å². The van der Waals surface area contributed by atoms with Gasteiger partial charge in [-0.3, -0.25) is 14.6 Å². The first-order valence-electron chi connectivity index (χ1n) is 8.19. The smallest absolute Gasteiger partial charge is 0.325 e. The van der Waals surface area contributed by atoms with Gasteiger partial charge in [-0.15, -0.1) is 0 Å². The first-order chi connectivity index (χ1) is 12.3. The largest absolute Gasteiger partial charge is 0.334 e. The highest BCUT2D eigenvalue weighted by Crippen LogP contribution is 2.21. The minimum atomic E-state index is -3.16. The van der Waals surface area contributed by atoms with Gasteiger partial charge < -0.3 is 9.88 Å². The summed E-state index contributed by atoms with van der Waals surface area (Å²) in [5.74, 6) is -0.354. The lowest BCUT2D eigenvalue weighted by molar-refractivity contribution is -0.133. The number of carbonyl (C=O) groups is 1. The molecular weight excluding hydrogens is 358 g/mol. The van der Waals surface area contributed by atoms with E-state index in [1.807, 2.05) is 35.3 Å². The van der Waals surface area contributed by atoms with Crippen molar-refractivity contribution in [1.82, 2.24) is 14.9 Å². The Morgan fingerprint density at radius 2 is 1.88 bits per heavy atom. The predicted molar refractivity (Wildman–Crippen MR) is 95.4 cm³/mol. The molecule has 0 aliphatic carbocycles. The van der Waals surface area contributed by atoms with Gasteiger partial charge in [0, 0.05) is 24.3 Å². The molecule has 138 valence electrons. The summed E-state index contributed by atoms with van der Waals surface area (Å²) in [5, 5.41) is 0. The maximum Gasteiger partial charge on any atom is 0.325 e. The van der Waals surface area contributed by atoms with Crippen molar-refractivity contribution < 1.29 is 13.2 Å². The number of nitrogens with one attached hydrogen (secondary N) is 2. The lowest BCUT2D eigenvalue weighted by Crippen LogP contribution is -2.42. The van der Waals surface area contributed by atoms with Gasteiger partial charge in [-0.2, -0.15) is 0 Å². The molecule has 1 unspecified atom stereocenters. The van der Waals surface area contributed by atoms with E-state index in [0.717, 1.165) is 11.6 Å². The van der Waals surface area contributed by atoms with Gasteiger partial charge >= 0.3 is 5.69 Å². The summed E-state index contributed by atoms with van der Waals surface area (Å²) in [7, 11) is -3.16. The molecule has 2 heterocycles. The quantitative estimate of drug-likeness (QED) is 0.749. The molecule has 2 N–H and O–H groups in total. The first-order valence-corrected chi connectivity index (χ1v) is 10.0. The number of nitrogens with zero attached hydrogens (tertiary/aromatic N) is 1. The van der Waals surface area contributed by atoms with Crippen LogP contribution in [0.25, 0.3) is 0 Å². The van der Waals surface area contributed by atoms with E-state index >= 15 is 0 Å². The van der Waals surface area contributed by atoms with Crippen LogP contribution in [0.2, 0.25) is 0 Å². The molecule has 1 atom stereocenters. The standard InChI is InChI=1S/C17H19N3O5S/c21-15-8-13(18-17(23)19-15)9-16(22)20(10-12-4-2-1-3-5-12)14-6-7-26(24,25)11-14/h1-5,8,14H,6-7,9-11H2,(H2,18,19,21,23). The van der Waals surface area contributed by atoms with Crippen LogP contribution in [0.5, 0.6) is 0 Å². The Labute approximate surface area is 149 Å². The molecule has 0 spiro atoms. The number of amides is 1. The molecule has 26 heavy (non-hydrogen) atoms. The molecule has 2 aromatic rings. The van der Waals surface area contributed by atoms with Crippen LogP contribution in [0.3, 0.4) is 0 Å². The lowest BCUT2D eigenvalue weighted by Gasteiger charge is -2.28. The summed E-state index contributed by atoms with van der Waals surface area (Å²) in [6.45, 7) is 0.271. The van der Waals surface area contributed by atoms with E-state index in [1.165, 1.54) is 4.90 Å². The van der Waals surface area contributed by atoms with Crippen LogP contribution >= 0.6 is 0 Å². The summed E-state index contributed by atoms with van der Waals surface area (Å²) in [6, 6.07) is 10.0. The summed E-state index contributed by atoms with van der Waals surface area (Å²) < 4.78 is 23.7. The monoisotopic (exact) mass is 377 g/mol. The van der Waals surface area contributed by atoms with Gasteiger partial charge in [0.2, 0.25) is 5.91 Å². The Morgan fingerprint density at radius 3 is 2.50 bits per heavy atom. The molecule has 1 saturated heterocycles. The van der Waals surface area contributed by atoms with Gasteiger partial charge in [0.15, 0.2) is 9.84 Å². The van der Waals surface area contributed by atoms with Gasteiger partial charge in [-0.25, -0.2) is 13.2 Å². The van der Waals surface area contributed by atoms with E-state index in [4.69, 9.17) is 0 Å². The number of hydrogen-bond donors (Lipinski definition) is 2. The van der Waals surface area contributed by atoms with Crippen molar-refractivity contribution in [3.8, 4) is 0 Å². The summed E-state index contributed by atoms with van der Waals surface area (Å²) in [4.78, 5) is 41.6. The average Bonchev–Trinajstić information content (AvgIpc) is 2.92. The zero-order valence-electron chi connectivity index (χ0n) is 14.0. The van der Waals surface area contributed by atoms with E-state index < -0.39 is 27.1 Å². The average molecular weight is 377 g/mol. The fourth-order valence-corrected chi connectivity index (χ4v) is 4.83. The normalized spacial score (nSPS) is 18.5. The van der Waals surface area contributed by atoms with Crippen LogP contribution < -0.4 is 11.2 Å². The number of sulfone groups is 1. The Bertz CT molecular complexity index is 982. The van der Waals surface area contributed by atoms with Crippen molar-refractivity contribution in [2.24, 2.45) is 0 Å². The van der Waals surface area contributed by atoms with Crippen LogP contribution in [0, 0.1) is 0 Å². The summed E-state index contributed by atoms with van der Waals surface area (Å²) >= 11 is 0. The number of aromatic amines is 2. The molecule has 0 saturated carbocycles. The van der Waals surface area contributed by atoms with Gasteiger partial charge in [-0.1, -0.05) is 30.3 Å². The van der Waals surface area contributed by atoms with Gasteiger partial charge in [0.1, 0.15) is 0 Å². The van der Waals surface area contributed by atoms with Crippen molar-refractivity contribution in [2.45, 2.75) is 25.4 Å². The molecule has 1 aromatic heterocycles. The summed E-state index contributed by atoms with van der Waals surface area (Å²) in [6.07, 6.45) is 0.204. The van der Waals surface area contributed by atoms with Crippen molar-refractivity contribution in [3.05, 3.63) is 68.5 Å². The fourth-order valence-electron chi connectivity index (χ4n) is 3.10. The number of hydrogen-bond acceptors (Lipinski definition) is 5. The van der Waals surface area contributed by atoms with Crippen molar-refractivity contribution in [1.29, 1.82) is 0 Å². The van der Waals surface area contributed by atoms with Crippen LogP contribution in [-0.2, 0) is 27.6 Å². The molecule has 1 aliphatic heterocycles. The number of H-pyrrole nitrogens is 2. The van der Waals surface area contributed by atoms with E-state index in [0.29, 0.717) is 6.42 Å². The van der Waals surface area contributed by atoms with E-state index in [1.54, 1.807) is 0 Å². The Kier molecular flexibility index (Phi) is 5.08. The molecule has 1 aromatic carbocycles. The minimum Gasteiger partial charge on any atom is -0.334 e. The Balaban J connectivity index is 1.85. The highest BCUT2D eigenvalue weighted by Gasteiger charge is 2.34. The zero-order chi connectivity index (χ0) is 18.7. The molecule has 0 radical (unpaired) electrons. The van der Waals surface area contributed by atoms with Crippen LogP contribution in [0.15, 0.2) is 46.0 Å². The third-order valence-electron chi connectivity index (χ3n) is 4.32. The van der Waals surface area contributed by atoms with Crippen molar-refractivity contribution in [2.75, 3.05) is 11.5 Å². The van der Waals surface area contributed by atoms with E-state index in [-0.39, 0.29) is 36.1 Å². The highest BCUT2D eigenvalue weighted by atomic mass is 32.2. The maximum atomic E-state index is 12.8. The molecule has 3 rings (SSSR count). The fraction of sp³-hybridized carbons (Fsp3) is 0.353. The predicted octanol–water partition coefficient (Wildman–Crippen LogP) is -0.178. The molecule has 1 fully saturated rings. The highest BCUT2D eigenvalue weighted by molar-refractivity contribution is 7.91. The second kappa shape index (κ2) is 7.28. The molecule has 0 bridgehead atoms. The van der Waals surface area contributed by atoms with E-state index in [9.17, 15) is 22.8 Å². The third-order valence-corrected chi connectivity index (χ3v) is 6.07. The number of aromatic nitrogens is 2. The van der Waals surface area contributed by atoms with Gasteiger partial charge in [-0.05, 0) is 12.0 Å². The Hall–Kier alpha value is -2.68. The maximum absolute atomic E-state index is 12.8. The summed E-state index contributed by atoms with van der Waals surface area (Å²) in [5.41, 5.74) is -0.194. The Morgan fingerprint density at radius 1 is 1.15 bits per heavy atom. The molecule has 9 heteroatoms. The number of carbonyl (C=O) groups excluding carboxylic acids is 1. The zero-order valence-corrected chi connectivity index (χ0v) is 14.8. The number of rotatable bonds is 5. The molecular formula is C17H19N3O5S. The van der Waals surface area contributed by atoms with E-state index in [2.05, 4.69) is 4.98 Å². The first kappa shape index (κ1) is 18.1. The van der Waals surface area contributed by atoms with Gasteiger partial charge in [0.25, 0.3) is 5.56 Å². The molecule has 8 nitrogen and oxygen atoms in total. The SMILES string of the molecule is O=C(Cc1cc(=O)[nH]c(=O)[nH]1)N(Cc1ccccc1)C1CCS(=O)(=O)C1. The van der Waals surface area contributed by atoms with Crippen LogP contribution in [-0.4, -0.2) is 46.7 Å². The van der Waals surface area contributed by atoms with Crippen molar-refractivity contribution >= 4 is 15.7 Å². The van der Waals surface area contributed by atoms with Crippen molar-refractivity contribution in [3.63, 3.8) is 0 Å². The third kappa shape index (κ3) is 4.48. The van der Waals surface area contributed by atoms with Crippen LogP contribution in [0.1, 0.15) is 17.7 Å². The molecule has 1 amide bonds.